The lowest BCUT2D eigenvalue weighted by atomic mass is 10.0. The van der Waals surface area contributed by atoms with Crippen molar-refractivity contribution in [1.82, 2.24) is 0 Å². The van der Waals surface area contributed by atoms with Crippen molar-refractivity contribution in [1.29, 1.82) is 0 Å². The molecule has 0 aromatic heterocycles. The summed E-state index contributed by atoms with van der Waals surface area (Å²) in [6.45, 7) is 3.80. The number of alkyl halides is 3. The normalized spacial score (nSPS) is 13.1. The van der Waals surface area contributed by atoms with Gasteiger partial charge in [0.1, 0.15) is 5.75 Å². The van der Waals surface area contributed by atoms with Crippen LogP contribution in [0.25, 0.3) is 0 Å². The summed E-state index contributed by atoms with van der Waals surface area (Å²) in [5.74, 6) is -0.517. The maximum atomic E-state index is 12.1. The Morgan fingerprint density at radius 1 is 1.43 bits per heavy atom. The van der Waals surface area contributed by atoms with E-state index in [9.17, 15) is 18.0 Å². The summed E-state index contributed by atoms with van der Waals surface area (Å²) in [6, 6.07) is 3.50. The number of rotatable bonds is 5. The molecule has 0 bridgehead atoms. The van der Waals surface area contributed by atoms with Crippen LogP contribution in [0.1, 0.15) is 20.3 Å². The fourth-order valence-electron chi connectivity index (χ4n) is 1.45. The van der Waals surface area contributed by atoms with Crippen LogP contribution in [0.5, 0.6) is 5.75 Å². The summed E-state index contributed by atoms with van der Waals surface area (Å²) in [5.41, 5.74) is 6.14. The Morgan fingerprint density at radius 3 is 2.52 bits per heavy atom. The van der Waals surface area contributed by atoms with Crippen molar-refractivity contribution in [2.24, 2.45) is 11.7 Å². The molecule has 0 radical (unpaired) electrons. The fourth-order valence-corrected chi connectivity index (χ4v) is 1.91. The number of ether oxygens (including phenoxy) is 1. The number of hydrogen-bond donors (Lipinski definition) is 2. The molecule has 8 heteroatoms. The van der Waals surface area contributed by atoms with Gasteiger partial charge in [0.2, 0.25) is 5.91 Å². The molecule has 0 aliphatic heterocycles. The zero-order valence-corrected chi connectivity index (χ0v) is 13.1. The van der Waals surface area contributed by atoms with Gasteiger partial charge in [0.05, 0.1) is 4.47 Å². The van der Waals surface area contributed by atoms with E-state index in [1.54, 1.807) is 0 Å². The molecule has 1 aromatic carbocycles. The highest BCUT2D eigenvalue weighted by Gasteiger charge is 2.32. The minimum Gasteiger partial charge on any atom is -0.405 e. The van der Waals surface area contributed by atoms with E-state index in [0.29, 0.717) is 5.69 Å². The third kappa shape index (κ3) is 6.34. The first-order valence-corrected chi connectivity index (χ1v) is 6.98. The molecule has 1 atom stereocenters. The maximum Gasteiger partial charge on any atom is 0.573 e. The molecule has 1 amide bonds. The monoisotopic (exact) mass is 368 g/mol. The highest BCUT2D eigenvalue weighted by atomic mass is 79.9. The standard InChI is InChI=1S/C13H16BrF3N2O2/c1-7(2)10(18)6-12(20)19-8-3-4-11(9(14)5-8)21-13(15,16)17/h3-5,7,10H,6,18H2,1-2H3,(H,19,20). The number of carbonyl (C=O) groups excluding carboxylic acids is 1. The van der Waals surface area contributed by atoms with Crippen LogP contribution in [0, 0.1) is 5.92 Å². The SMILES string of the molecule is CC(C)C(N)CC(=O)Nc1ccc(OC(F)(F)F)c(Br)c1. The topological polar surface area (TPSA) is 64.4 Å². The molecule has 0 aliphatic rings. The number of carbonyl (C=O) groups is 1. The van der Waals surface area contributed by atoms with Gasteiger partial charge in [0.25, 0.3) is 0 Å². The first-order chi connectivity index (χ1) is 9.58. The predicted octanol–water partition coefficient (Wildman–Crippen LogP) is 3.66. The van der Waals surface area contributed by atoms with Crippen molar-refractivity contribution < 1.29 is 22.7 Å². The smallest absolute Gasteiger partial charge is 0.405 e. The van der Waals surface area contributed by atoms with Crippen molar-refractivity contribution in [2.75, 3.05) is 5.32 Å². The van der Waals surface area contributed by atoms with Crippen molar-refractivity contribution >= 4 is 27.5 Å². The summed E-state index contributed by atoms with van der Waals surface area (Å²) in [5, 5.41) is 2.57. The molecule has 0 spiro atoms. The summed E-state index contributed by atoms with van der Waals surface area (Å²) in [4.78, 5) is 11.7. The van der Waals surface area contributed by atoms with Crippen LogP contribution >= 0.6 is 15.9 Å². The third-order valence-electron chi connectivity index (χ3n) is 2.72. The molecular weight excluding hydrogens is 353 g/mol. The van der Waals surface area contributed by atoms with E-state index in [-0.39, 0.29) is 34.5 Å². The van der Waals surface area contributed by atoms with E-state index >= 15 is 0 Å². The van der Waals surface area contributed by atoms with Crippen LogP contribution in [0.15, 0.2) is 22.7 Å². The summed E-state index contributed by atoms with van der Waals surface area (Å²) in [6.07, 6.45) is -4.63. The van der Waals surface area contributed by atoms with Gasteiger partial charge < -0.3 is 15.8 Å². The van der Waals surface area contributed by atoms with Crippen LogP contribution in [0.3, 0.4) is 0 Å². The molecule has 0 heterocycles. The quantitative estimate of drug-likeness (QED) is 0.833. The molecule has 3 N–H and O–H groups in total. The van der Waals surface area contributed by atoms with Crippen molar-refractivity contribution in [3.05, 3.63) is 22.7 Å². The Hall–Kier alpha value is -1.28. The Bertz CT molecular complexity index is 507. The largest absolute Gasteiger partial charge is 0.573 e. The number of nitrogens with one attached hydrogen (secondary N) is 1. The van der Waals surface area contributed by atoms with Gasteiger partial charge in [-0.2, -0.15) is 0 Å². The zero-order chi connectivity index (χ0) is 16.2. The van der Waals surface area contributed by atoms with E-state index in [0.717, 1.165) is 6.07 Å². The second-order valence-electron chi connectivity index (χ2n) is 4.85. The maximum absolute atomic E-state index is 12.1. The number of hydrogen-bond acceptors (Lipinski definition) is 3. The Kier molecular flexibility index (Phi) is 6.03. The summed E-state index contributed by atoms with van der Waals surface area (Å²) >= 11 is 2.96. The zero-order valence-electron chi connectivity index (χ0n) is 11.5. The molecule has 0 fully saturated rings. The van der Waals surface area contributed by atoms with Gasteiger partial charge >= 0.3 is 6.36 Å². The second-order valence-corrected chi connectivity index (χ2v) is 5.71. The van der Waals surface area contributed by atoms with Gasteiger partial charge in [-0.3, -0.25) is 4.79 Å². The molecule has 0 saturated carbocycles. The number of halogens is 4. The lowest BCUT2D eigenvalue weighted by Gasteiger charge is -2.15. The second kappa shape index (κ2) is 7.13. The van der Waals surface area contributed by atoms with Gasteiger partial charge in [-0.15, -0.1) is 13.2 Å². The minimum atomic E-state index is -4.77. The molecule has 0 saturated heterocycles. The molecule has 1 aromatic rings. The molecule has 21 heavy (non-hydrogen) atoms. The van der Waals surface area contributed by atoms with Crippen molar-refractivity contribution in [3.63, 3.8) is 0 Å². The van der Waals surface area contributed by atoms with Gasteiger partial charge in [0, 0.05) is 18.2 Å². The lowest BCUT2D eigenvalue weighted by Crippen LogP contribution is -2.31. The average molecular weight is 369 g/mol. The lowest BCUT2D eigenvalue weighted by molar-refractivity contribution is -0.274. The Morgan fingerprint density at radius 2 is 2.05 bits per heavy atom. The molecule has 118 valence electrons. The van der Waals surface area contributed by atoms with Crippen LogP contribution in [0.2, 0.25) is 0 Å². The van der Waals surface area contributed by atoms with Crippen LogP contribution in [-0.2, 0) is 4.79 Å². The molecule has 0 aliphatic carbocycles. The van der Waals surface area contributed by atoms with Gasteiger partial charge in [-0.25, -0.2) is 0 Å². The Balaban J connectivity index is 2.70. The first-order valence-electron chi connectivity index (χ1n) is 6.19. The number of benzene rings is 1. The van der Waals surface area contributed by atoms with E-state index in [1.807, 2.05) is 13.8 Å². The average Bonchev–Trinajstić information content (AvgIpc) is 2.30. The third-order valence-corrected chi connectivity index (χ3v) is 3.34. The van der Waals surface area contributed by atoms with Crippen molar-refractivity contribution in [2.45, 2.75) is 32.7 Å². The minimum absolute atomic E-state index is 0.0887. The number of anilines is 1. The van der Waals surface area contributed by atoms with Crippen molar-refractivity contribution in [3.8, 4) is 5.75 Å². The fraction of sp³-hybridized carbons (Fsp3) is 0.462. The Labute approximate surface area is 129 Å². The predicted molar refractivity (Wildman–Crippen MR) is 76.9 cm³/mol. The number of amides is 1. The summed E-state index contributed by atoms with van der Waals surface area (Å²) < 4.78 is 40.3. The van der Waals surface area contributed by atoms with E-state index in [2.05, 4.69) is 26.0 Å². The highest BCUT2D eigenvalue weighted by molar-refractivity contribution is 9.10. The van der Waals surface area contributed by atoms with E-state index in [4.69, 9.17) is 5.73 Å². The molecule has 1 unspecified atom stereocenters. The van der Waals surface area contributed by atoms with E-state index < -0.39 is 6.36 Å². The molecular formula is C13H16BrF3N2O2. The van der Waals surface area contributed by atoms with Gasteiger partial charge in [-0.1, -0.05) is 13.8 Å². The summed E-state index contributed by atoms with van der Waals surface area (Å²) in [7, 11) is 0. The number of nitrogens with two attached hydrogens (primary N) is 1. The molecule has 4 nitrogen and oxygen atoms in total. The highest BCUT2D eigenvalue weighted by Crippen LogP contribution is 2.32. The van der Waals surface area contributed by atoms with Gasteiger partial charge in [0.15, 0.2) is 0 Å². The first kappa shape index (κ1) is 17.8. The van der Waals surface area contributed by atoms with Crippen LogP contribution in [0.4, 0.5) is 18.9 Å². The molecule has 1 rings (SSSR count). The van der Waals surface area contributed by atoms with Crippen LogP contribution < -0.4 is 15.8 Å². The van der Waals surface area contributed by atoms with Gasteiger partial charge in [-0.05, 0) is 40.0 Å². The van der Waals surface area contributed by atoms with E-state index in [1.165, 1.54) is 12.1 Å². The van der Waals surface area contributed by atoms with Crippen LogP contribution in [-0.4, -0.2) is 18.3 Å².